The van der Waals surface area contributed by atoms with Crippen LogP contribution in [-0.2, 0) is 4.74 Å². The van der Waals surface area contributed by atoms with Crippen LogP contribution in [0.5, 0.6) is 0 Å². The van der Waals surface area contributed by atoms with Crippen LogP contribution in [0.1, 0.15) is 0 Å². The summed E-state index contributed by atoms with van der Waals surface area (Å²) in [5.74, 6) is 0. The molecule has 0 bridgehead atoms. The van der Waals surface area contributed by atoms with Crippen LogP contribution < -0.4 is 10.6 Å². The molecule has 0 fully saturated rings. The van der Waals surface area contributed by atoms with Crippen molar-refractivity contribution >= 4 is 45.7 Å². The largest absolute Gasteiger partial charge is 0.383 e. The van der Waals surface area contributed by atoms with Crippen LogP contribution in [-0.4, -0.2) is 31.3 Å². The molecule has 1 aromatic heterocycles. The molecular weight excluding hydrogens is 333 g/mol. The Morgan fingerprint density at radius 3 is 3.00 bits per heavy atom. The Bertz CT molecular complexity index is 634. The summed E-state index contributed by atoms with van der Waals surface area (Å²) in [5.41, 5.74) is 1.40. The average molecular weight is 346 g/mol. The molecule has 5 nitrogen and oxygen atoms in total. The fourth-order valence-electron chi connectivity index (χ4n) is 1.56. The number of hydrogen-bond acceptors (Lipinski definition) is 4. The van der Waals surface area contributed by atoms with Gasteiger partial charge in [0.05, 0.1) is 17.3 Å². The lowest BCUT2D eigenvalue weighted by Crippen LogP contribution is -2.31. The lowest BCUT2D eigenvalue weighted by atomic mass is 10.2. The third kappa shape index (κ3) is 4.57. The summed E-state index contributed by atoms with van der Waals surface area (Å²) in [4.78, 5) is 15.9. The molecule has 1 aromatic carbocycles. The monoisotopic (exact) mass is 345 g/mol. The van der Waals surface area contributed by atoms with Crippen molar-refractivity contribution in [3.8, 4) is 11.3 Å². The molecule has 1 heterocycles. The Hall–Kier alpha value is -1.34. The maximum Gasteiger partial charge on any atom is 0.321 e. The number of nitrogens with zero attached hydrogens (tertiary/aromatic N) is 1. The first-order valence-corrected chi connectivity index (χ1v) is 7.68. The number of halogens is 2. The van der Waals surface area contributed by atoms with Crippen LogP contribution in [0.15, 0.2) is 23.6 Å². The molecular formula is C13H13Cl2N3O2S. The molecule has 0 aliphatic rings. The minimum atomic E-state index is -0.329. The highest BCUT2D eigenvalue weighted by molar-refractivity contribution is 7.14. The number of rotatable bonds is 5. The van der Waals surface area contributed by atoms with Gasteiger partial charge in [-0.3, -0.25) is 5.32 Å². The fourth-order valence-corrected chi connectivity index (χ4v) is 2.65. The number of carbonyl (C=O) groups excluding carboxylic acids is 1. The molecule has 2 rings (SSSR count). The average Bonchev–Trinajstić information content (AvgIpc) is 2.90. The summed E-state index contributed by atoms with van der Waals surface area (Å²) >= 11 is 13.4. The highest BCUT2D eigenvalue weighted by Crippen LogP contribution is 2.32. The number of benzene rings is 1. The summed E-state index contributed by atoms with van der Waals surface area (Å²) in [5, 5.41) is 8.72. The third-order valence-corrected chi connectivity index (χ3v) is 3.84. The van der Waals surface area contributed by atoms with Crippen molar-refractivity contribution in [2.24, 2.45) is 0 Å². The van der Waals surface area contributed by atoms with Gasteiger partial charge in [-0.25, -0.2) is 9.78 Å². The van der Waals surface area contributed by atoms with Crippen molar-refractivity contribution in [1.82, 2.24) is 10.3 Å². The van der Waals surface area contributed by atoms with Gasteiger partial charge in [0.1, 0.15) is 0 Å². The van der Waals surface area contributed by atoms with Gasteiger partial charge in [-0.15, -0.1) is 11.3 Å². The first-order valence-electron chi connectivity index (χ1n) is 6.05. The van der Waals surface area contributed by atoms with Gasteiger partial charge < -0.3 is 10.1 Å². The summed E-state index contributed by atoms with van der Waals surface area (Å²) < 4.78 is 4.85. The maximum absolute atomic E-state index is 11.6. The second-order valence-electron chi connectivity index (χ2n) is 4.04. The van der Waals surface area contributed by atoms with Crippen molar-refractivity contribution in [1.29, 1.82) is 0 Å². The van der Waals surface area contributed by atoms with E-state index in [0.29, 0.717) is 34.0 Å². The second kappa shape index (κ2) is 7.61. The number of amides is 2. The molecule has 0 radical (unpaired) electrons. The topological polar surface area (TPSA) is 63.2 Å². The molecule has 0 atom stereocenters. The van der Waals surface area contributed by atoms with Gasteiger partial charge >= 0.3 is 6.03 Å². The van der Waals surface area contributed by atoms with Gasteiger partial charge in [0.15, 0.2) is 5.13 Å². The Morgan fingerprint density at radius 2 is 2.24 bits per heavy atom. The lowest BCUT2D eigenvalue weighted by molar-refractivity contribution is 0.198. The van der Waals surface area contributed by atoms with Gasteiger partial charge in [-0.05, 0) is 18.2 Å². The Balaban J connectivity index is 2.04. The minimum Gasteiger partial charge on any atom is -0.383 e. The van der Waals surface area contributed by atoms with E-state index < -0.39 is 0 Å². The minimum absolute atomic E-state index is 0.329. The van der Waals surface area contributed by atoms with E-state index in [1.54, 1.807) is 25.3 Å². The van der Waals surface area contributed by atoms with E-state index in [2.05, 4.69) is 15.6 Å². The van der Waals surface area contributed by atoms with Crippen molar-refractivity contribution in [2.75, 3.05) is 25.6 Å². The lowest BCUT2D eigenvalue weighted by Gasteiger charge is -2.04. The van der Waals surface area contributed by atoms with Gasteiger partial charge in [-0.2, -0.15) is 0 Å². The highest BCUT2D eigenvalue weighted by atomic mass is 35.5. The first kappa shape index (κ1) is 16.0. The number of urea groups is 1. The van der Waals surface area contributed by atoms with E-state index in [1.165, 1.54) is 11.3 Å². The Labute approximate surface area is 136 Å². The van der Waals surface area contributed by atoms with Crippen LogP contribution in [0.2, 0.25) is 10.0 Å². The maximum atomic E-state index is 11.6. The number of nitrogens with one attached hydrogen (secondary N) is 2. The smallest absolute Gasteiger partial charge is 0.321 e. The summed E-state index contributed by atoms with van der Waals surface area (Å²) in [6.07, 6.45) is 0. The zero-order valence-electron chi connectivity index (χ0n) is 11.2. The van der Waals surface area contributed by atoms with Crippen molar-refractivity contribution in [3.63, 3.8) is 0 Å². The van der Waals surface area contributed by atoms with E-state index >= 15 is 0 Å². The second-order valence-corrected chi connectivity index (χ2v) is 5.74. The predicted molar refractivity (Wildman–Crippen MR) is 86.5 cm³/mol. The number of carbonyl (C=O) groups is 1. The SMILES string of the molecule is COCCNC(=O)Nc1nc(-c2cc(Cl)ccc2Cl)cs1. The van der Waals surface area contributed by atoms with Gasteiger partial charge in [0.25, 0.3) is 0 Å². The molecule has 0 aliphatic carbocycles. The highest BCUT2D eigenvalue weighted by Gasteiger charge is 2.10. The number of thiazole rings is 1. The Morgan fingerprint density at radius 1 is 1.43 bits per heavy atom. The molecule has 2 amide bonds. The summed E-state index contributed by atoms with van der Waals surface area (Å²) in [7, 11) is 1.57. The number of methoxy groups -OCH3 is 1. The Kier molecular flexibility index (Phi) is 5.81. The van der Waals surface area contributed by atoms with E-state index in [-0.39, 0.29) is 6.03 Å². The summed E-state index contributed by atoms with van der Waals surface area (Å²) in [6, 6.07) is 4.83. The molecule has 2 N–H and O–H groups in total. The number of anilines is 1. The third-order valence-electron chi connectivity index (χ3n) is 2.52. The van der Waals surface area contributed by atoms with Gasteiger partial charge in [0.2, 0.25) is 0 Å². The van der Waals surface area contributed by atoms with E-state index in [4.69, 9.17) is 27.9 Å². The molecule has 0 spiro atoms. The molecule has 112 valence electrons. The zero-order valence-corrected chi connectivity index (χ0v) is 13.5. The van der Waals surface area contributed by atoms with Crippen LogP contribution in [0.4, 0.5) is 9.93 Å². The quantitative estimate of drug-likeness (QED) is 0.808. The van der Waals surface area contributed by atoms with Crippen molar-refractivity contribution < 1.29 is 9.53 Å². The molecule has 0 aliphatic heterocycles. The van der Waals surface area contributed by atoms with Crippen LogP contribution in [0.25, 0.3) is 11.3 Å². The van der Waals surface area contributed by atoms with Gasteiger partial charge in [0, 0.05) is 29.6 Å². The molecule has 21 heavy (non-hydrogen) atoms. The van der Waals surface area contributed by atoms with E-state index in [1.807, 2.05) is 5.38 Å². The van der Waals surface area contributed by atoms with E-state index in [0.717, 1.165) is 5.56 Å². The van der Waals surface area contributed by atoms with Crippen LogP contribution in [0, 0.1) is 0 Å². The predicted octanol–water partition coefficient (Wildman–Crippen LogP) is 3.88. The number of ether oxygens (including phenoxy) is 1. The molecule has 8 heteroatoms. The molecule has 0 saturated carbocycles. The van der Waals surface area contributed by atoms with Crippen LogP contribution >= 0.6 is 34.5 Å². The van der Waals surface area contributed by atoms with Crippen molar-refractivity contribution in [2.45, 2.75) is 0 Å². The standard InChI is InChI=1S/C13H13Cl2N3O2S/c1-20-5-4-16-12(19)18-13-17-11(7-21-13)9-6-8(14)2-3-10(9)15/h2-3,6-7H,4-5H2,1H3,(H2,16,17,18,19). The number of aromatic nitrogens is 1. The molecule has 0 unspecified atom stereocenters. The fraction of sp³-hybridized carbons (Fsp3) is 0.231. The molecule has 0 saturated heterocycles. The normalized spacial score (nSPS) is 10.4. The first-order chi connectivity index (χ1) is 10.1. The summed E-state index contributed by atoms with van der Waals surface area (Å²) in [6.45, 7) is 0.884. The molecule has 2 aromatic rings. The van der Waals surface area contributed by atoms with Gasteiger partial charge in [-0.1, -0.05) is 23.2 Å². The van der Waals surface area contributed by atoms with Crippen molar-refractivity contribution in [3.05, 3.63) is 33.6 Å². The van der Waals surface area contributed by atoms with Crippen LogP contribution in [0.3, 0.4) is 0 Å². The number of hydrogen-bond donors (Lipinski definition) is 2. The van der Waals surface area contributed by atoms with E-state index in [9.17, 15) is 4.79 Å². The zero-order chi connectivity index (χ0) is 15.2.